The lowest BCUT2D eigenvalue weighted by Crippen LogP contribution is -2.34. The van der Waals surface area contributed by atoms with Crippen molar-refractivity contribution in [2.45, 2.75) is 32.7 Å². The lowest BCUT2D eigenvalue weighted by molar-refractivity contribution is 0.491. The molecule has 0 aliphatic carbocycles. The minimum Gasteiger partial charge on any atom is -0.385 e. The Morgan fingerprint density at radius 1 is 1.06 bits per heavy atom. The van der Waals surface area contributed by atoms with Crippen molar-refractivity contribution in [3.8, 4) is 0 Å². The molecule has 2 aromatic carbocycles. The van der Waals surface area contributed by atoms with Crippen molar-refractivity contribution in [2.75, 3.05) is 11.9 Å². The molecule has 2 nitrogen and oxygen atoms in total. The number of hydrogen-bond donors (Lipinski definition) is 2. The lowest BCUT2D eigenvalue weighted by atomic mass is 10.0. The van der Waals surface area contributed by atoms with Gasteiger partial charge in [-0.15, -0.1) is 0 Å². The molecule has 0 spiro atoms. The highest BCUT2D eigenvalue weighted by molar-refractivity contribution is 5.86. The maximum atomic E-state index is 5.97. The van der Waals surface area contributed by atoms with E-state index in [-0.39, 0.29) is 5.54 Å². The number of nitrogens with two attached hydrogens (primary N) is 1. The summed E-state index contributed by atoms with van der Waals surface area (Å²) in [7, 11) is 0. The largest absolute Gasteiger partial charge is 0.385 e. The Labute approximate surface area is 109 Å². The Balaban J connectivity index is 2.08. The highest BCUT2D eigenvalue weighted by Gasteiger charge is 2.09. The zero-order valence-electron chi connectivity index (χ0n) is 11.5. The van der Waals surface area contributed by atoms with E-state index in [1.807, 2.05) is 0 Å². The fourth-order valence-electron chi connectivity index (χ4n) is 2.00. The summed E-state index contributed by atoms with van der Waals surface area (Å²) in [6.07, 6.45) is 0.957. The Hall–Kier alpha value is -1.54. The first kappa shape index (κ1) is 12.9. The molecule has 0 aromatic heterocycles. The fourth-order valence-corrected chi connectivity index (χ4v) is 2.00. The van der Waals surface area contributed by atoms with Crippen LogP contribution in [-0.2, 0) is 0 Å². The van der Waals surface area contributed by atoms with Crippen LogP contribution in [-0.4, -0.2) is 12.1 Å². The molecule has 0 aliphatic heterocycles. The van der Waals surface area contributed by atoms with E-state index in [0.717, 1.165) is 18.7 Å². The molecule has 0 bridgehead atoms. The van der Waals surface area contributed by atoms with Gasteiger partial charge in [-0.25, -0.2) is 0 Å². The quantitative estimate of drug-likeness (QED) is 0.858. The van der Waals surface area contributed by atoms with E-state index in [1.54, 1.807) is 0 Å². The van der Waals surface area contributed by atoms with Gasteiger partial charge in [-0.2, -0.15) is 0 Å². The average Bonchev–Trinajstić information content (AvgIpc) is 2.27. The SMILES string of the molecule is Cc1ccc2cc(NCCC(C)(C)N)ccc2c1. The number of aryl methyl sites for hydroxylation is 1. The van der Waals surface area contributed by atoms with E-state index >= 15 is 0 Å². The van der Waals surface area contributed by atoms with Crippen LogP contribution in [0.5, 0.6) is 0 Å². The second-order valence-corrected chi connectivity index (χ2v) is 5.73. The molecule has 0 saturated carbocycles. The van der Waals surface area contributed by atoms with Crippen LogP contribution in [0, 0.1) is 6.92 Å². The lowest BCUT2D eigenvalue weighted by Gasteiger charge is -2.18. The monoisotopic (exact) mass is 242 g/mol. The third-order valence-electron chi connectivity index (χ3n) is 3.09. The van der Waals surface area contributed by atoms with Gasteiger partial charge >= 0.3 is 0 Å². The zero-order valence-corrected chi connectivity index (χ0v) is 11.5. The zero-order chi connectivity index (χ0) is 13.2. The normalized spacial score (nSPS) is 11.8. The highest BCUT2D eigenvalue weighted by Crippen LogP contribution is 2.20. The van der Waals surface area contributed by atoms with Gasteiger partial charge < -0.3 is 11.1 Å². The van der Waals surface area contributed by atoms with Crippen LogP contribution < -0.4 is 11.1 Å². The number of benzene rings is 2. The van der Waals surface area contributed by atoms with E-state index in [1.165, 1.54) is 16.3 Å². The van der Waals surface area contributed by atoms with Crippen LogP contribution in [0.2, 0.25) is 0 Å². The predicted molar refractivity (Wildman–Crippen MR) is 80.1 cm³/mol. The molecule has 0 amide bonds. The molecule has 0 aliphatic rings. The Morgan fingerprint density at radius 2 is 1.72 bits per heavy atom. The molecule has 3 N–H and O–H groups in total. The predicted octanol–water partition coefficient (Wildman–Crippen LogP) is 3.69. The summed E-state index contributed by atoms with van der Waals surface area (Å²) in [5.74, 6) is 0. The van der Waals surface area contributed by atoms with Crippen molar-refractivity contribution in [3.05, 3.63) is 42.0 Å². The van der Waals surface area contributed by atoms with Crippen LogP contribution in [0.1, 0.15) is 25.8 Å². The van der Waals surface area contributed by atoms with Gasteiger partial charge in [0.25, 0.3) is 0 Å². The first-order valence-electron chi connectivity index (χ1n) is 6.47. The maximum absolute atomic E-state index is 5.97. The summed E-state index contributed by atoms with van der Waals surface area (Å²) >= 11 is 0. The van der Waals surface area contributed by atoms with E-state index in [2.05, 4.69) is 62.5 Å². The molecule has 96 valence electrons. The van der Waals surface area contributed by atoms with Gasteiger partial charge in [0.1, 0.15) is 0 Å². The Kier molecular flexibility index (Phi) is 3.58. The molecule has 0 radical (unpaired) electrons. The number of anilines is 1. The maximum Gasteiger partial charge on any atom is 0.0346 e. The minimum absolute atomic E-state index is 0.110. The van der Waals surface area contributed by atoms with Crippen LogP contribution in [0.25, 0.3) is 10.8 Å². The number of fused-ring (bicyclic) bond motifs is 1. The molecular formula is C16H22N2. The highest BCUT2D eigenvalue weighted by atomic mass is 14.9. The van der Waals surface area contributed by atoms with Crippen molar-refractivity contribution >= 4 is 16.5 Å². The van der Waals surface area contributed by atoms with E-state index in [0.29, 0.717) is 0 Å². The summed E-state index contributed by atoms with van der Waals surface area (Å²) in [6.45, 7) is 7.13. The molecule has 0 fully saturated rings. The molecule has 0 saturated heterocycles. The molecule has 0 heterocycles. The van der Waals surface area contributed by atoms with Gasteiger partial charge in [0.05, 0.1) is 0 Å². The van der Waals surface area contributed by atoms with Gasteiger partial charge in [-0.05, 0) is 50.1 Å². The number of rotatable bonds is 4. The van der Waals surface area contributed by atoms with E-state index < -0.39 is 0 Å². The molecule has 2 aromatic rings. The van der Waals surface area contributed by atoms with Gasteiger partial charge in [0.15, 0.2) is 0 Å². The second kappa shape index (κ2) is 4.99. The molecule has 0 unspecified atom stereocenters. The van der Waals surface area contributed by atoms with Gasteiger partial charge in [0, 0.05) is 17.8 Å². The summed E-state index contributed by atoms with van der Waals surface area (Å²) < 4.78 is 0. The van der Waals surface area contributed by atoms with E-state index in [9.17, 15) is 0 Å². The van der Waals surface area contributed by atoms with Crippen molar-refractivity contribution < 1.29 is 0 Å². The standard InChI is InChI=1S/C16H22N2/c1-12-4-5-14-11-15(7-6-13(14)10-12)18-9-8-16(2,3)17/h4-7,10-11,18H,8-9,17H2,1-3H3. The van der Waals surface area contributed by atoms with Gasteiger partial charge in [-0.3, -0.25) is 0 Å². The first-order chi connectivity index (χ1) is 8.44. The smallest absolute Gasteiger partial charge is 0.0346 e. The Morgan fingerprint density at radius 3 is 2.44 bits per heavy atom. The Bertz CT molecular complexity index is 538. The summed E-state index contributed by atoms with van der Waals surface area (Å²) in [6, 6.07) is 13.0. The van der Waals surface area contributed by atoms with Crippen molar-refractivity contribution in [2.24, 2.45) is 5.73 Å². The molecule has 0 atom stereocenters. The van der Waals surface area contributed by atoms with Crippen LogP contribution in [0.3, 0.4) is 0 Å². The van der Waals surface area contributed by atoms with Crippen molar-refractivity contribution in [3.63, 3.8) is 0 Å². The van der Waals surface area contributed by atoms with Gasteiger partial charge in [-0.1, -0.05) is 29.8 Å². The van der Waals surface area contributed by atoms with Crippen LogP contribution >= 0.6 is 0 Å². The molecular weight excluding hydrogens is 220 g/mol. The fraction of sp³-hybridized carbons (Fsp3) is 0.375. The molecule has 18 heavy (non-hydrogen) atoms. The third kappa shape index (κ3) is 3.47. The minimum atomic E-state index is -0.110. The van der Waals surface area contributed by atoms with Crippen molar-refractivity contribution in [1.82, 2.24) is 0 Å². The van der Waals surface area contributed by atoms with E-state index in [4.69, 9.17) is 5.73 Å². The topological polar surface area (TPSA) is 38.0 Å². The summed E-state index contributed by atoms with van der Waals surface area (Å²) in [4.78, 5) is 0. The van der Waals surface area contributed by atoms with Crippen LogP contribution in [0.15, 0.2) is 36.4 Å². The average molecular weight is 242 g/mol. The summed E-state index contributed by atoms with van der Waals surface area (Å²) in [5.41, 5.74) is 8.32. The summed E-state index contributed by atoms with van der Waals surface area (Å²) in [5, 5.41) is 5.99. The number of nitrogens with one attached hydrogen (secondary N) is 1. The number of hydrogen-bond acceptors (Lipinski definition) is 2. The molecule has 2 heteroatoms. The first-order valence-corrected chi connectivity index (χ1v) is 6.47. The third-order valence-corrected chi connectivity index (χ3v) is 3.09. The molecule has 2 rings (SSSR count). The second-order valence-electron chi connectivity index (χ2n) is 5.73. The van der Waals surface area contributed by atoms with Gasteiger partial charge in [0.2, 0.25) is 0 Å². The van der Waals surface area contributed by atoms with Crippen molar-refractivity contribution in [1.29, 1.82) is 0 Å². The van der Waals surface area contributed by atoms with Crippen LogP contribution in [0.4, 0.5) is 5.69 Å².